The van der Waals surface area contributed by atoms with Crippen molar-refractivity contribution in [3.8, 4) is 0 Å². The minimum atomic E-state index is -0.729. The zero-order chi connectivity index (χ0) is 12.5. The van der Waals surface area contributed by atoms with E-state index in [0.29, 0.717) is 13.0 Å². The monoisotopic (exact) mass is 237 g/mol. The molecule has 0 radical (unpaired) electrons. The number of alkyl halides is 1. The summed E-state index contributed by atoms with van der Waals surface area (Å²) in [5.41, 5.74) is 0.978. The van der Waals surface area contributed by atoms with E-state index < -0.39 is 6.17 Å². The Kier molecular flexibility index (Phi) is 3.31. The first-order chi connectivity index (χ1) is 7.97. The van der Waals surface area contributed by atoms with Crippen LogP contribution in [0.15, 0.2) is 12.1 Å². The predicted molar refractivity (Wildman–Crippen MR) is 67.1 cm³/mol. The molecule has 1 aliphatic rings. The first-order valence-corrected chi connectivity index (χ1v) is 6.20. The van der Waals surface area contributed by atoms with Crippen LogP contribution in [-0.2, 0) is 5.41 Å². The Bertz CT molecular complexity index is 369. The average molecular weight is 237 g/mol. The highest BCUT2D eigenvalue weighted by atomic mass is 19.1. The summed E-state index contributed by atoms with van der Waals surface area (Å²) in [4.78, 5) is 1.98. The topological polar surface area (TPSA) is 29.0 Å². The number of piperidine rings is 1. The summed E-state index contributed by atoms with van der Waals surface area (Å²) >= 11 is 0. The van der Waals surface area contributed by atoms with E-state index >= 15 is 0 Å². The third-order valence-electron chi connectivity index (χ3n) is 3.11. The summed E-state index contributed by atoms with van der Waals surface area (Å²) in [7, 11) is 0. The SMILES string of the molecule is CC(C)(C)c1ccc(N2CCCC(F)C2)nn1. The Hall–Kier alpha value is -1.19. The number of anilines is 1. The Labute approximate surface area is 102 Å². The molecule has 0 amide bonds. The van der Waals surface area contributed by atoms with Gasteiger partial charge in [0.05, 0.1) is 12.2 Å². The average Bonchev–Trinajstić information content (AvgIpc) is 2.28. The standard InChI is InChI=1S/C13H20FN3/c1-13(2,3)11-6-7-12(16-15-11)17-8-4-5-10(14)9-17/h6-7,10H,4-5,8-9H2,1-3H3. The van der Waals surface area contributed by atoms with E-state index in [4.69, 9.17) is 0 Å². The molecule has 0 saturated carbocycles. The van der Waals surface area contributed by atoms with Crippen LogP contribution in [0.5, 0.6) is 0 Å². The fraction of sp³-hybridized carbons (Fsp3) is 0.692. The molecule has 1 aromatic rings. The van der Waals surface area contributed by atoms with Gasteiger partial charge < -0.3 is 4.90 Å². The quantitative estimate of drug-likeness (QED) is 0.752. The van der Waals surface area contributed by atoms with Crippen LogP contribution in [0, 0.1) is 0 Å². The summed E-state index contributed by atoms with van der Waals surface area (Å²) < 4.78 is 13.3. The molecule has 1 aliphatic heterocycles. The molecule has 3 nitrogen and oxygen atoms in total. The summed E-state index contributed by atoms with van der Waals surface area (Å²) in [6.07, 6.45) is 0.835. The van der Waals surface area contributed by atoms with Crippen molar-refractivity contribution in [2.75, 3.05) is 18.0 Å². The van der Waals surface area contributed by atoms with Gasteiger partial charge >= 0.3 is 0 Å². The van der Waals surface area contributed by atoms with Crippen molar-refractivity contribution >= 4 is 5.82 Å². The molecule has 4 heteroatoms. The van der Waals surface area contributed by atoms with Gasteiger partial charge in [-0.3, -0.25) is 0 Å². The van der Waals surface area contributed by atoms with Gasteiger partial charge in [0, 0.05) is 12.0 Å². The molecule has 1 fully saturated rings. The lowest BCUT2D eigenvalue weighted by Gasteiger charge is -2.29. The minimum absolute atomic E-state index is 0.00997. The minimum Gasteiger partial charge on any atom is -0.352 e. The van der Waals surface area contributed by atoms with E-state index in [0.717, 1.165) is 24.5 Å². The van der Waals surface area contributed by atoms with Crippen LogP contribution in [0.25, 0.3) is 0 Å². The lowest BCUT2D eigenvalue weighted by atomic mass is 9.92. The van der Waals surface area contributed by atoms with Gasteiger partial charge in [0.2, 0.25) is 0 Å². The van der Waals surface area contributed by atoms with Crippen molar-refractivity contribution in [2.24, 2.45) is 0 Å². The van der Waals surface area contributed by atoms with Gasteiger partial charge in [0.25, 0.3) is 0 Å². The van der Waals surface area contributed by atoms with Crippen molar-refractivity contribution in [1.29, 1.82) is 0 Å². The number of rotatable bonds is 1. The zero-order valence-electron chi connectivity index (χ0n) is 10.8. The summed E-state index contributed by atoms with van der Waals surface area (Å²) in [5.74, 6) is 0.792. The van der Waals surface area contributed by atoms with Crippen LogP contribution in [0.4, 0.5) is 10.2 Å². The Balaban J connectivity index is 2.12. The molecular formula is C13H20FN3. The Morgan fingerprint density at radius 1 is 1.29 bits per heavy atom. The normalized spacial score (nSPS) is 21.6. The van der Waals surface area contributed by atoms with E-state index in [-0.39, 0.29) is 5.41 Å². The fourth-order valence-electron chi connectivity index (χ4n) is 2.03. The van der Waals surface area contributed by atoms with Crippen molar-refractivity contribution < 1.29 is 4.39 Å². The number of nitrogens with zero attached hydrogens (tertiary/aromatic N) is 3. The summed E-state index contributed by atoms with van der Waals surface area (Å²) in [5, 5.41) is 8.45. The number of aromatic nitrogens is 2. The van der Waals surface area contributed by atoms with E-state index in [1.54, 1.807) is 0 Å². The van der Waals surface area contributed by atoms with Crippen LogP contribution in [0.3, 0.4) is 0 Å². The molecule has 1 atom stereocenters. The van der Waals surface area contributed by atoms with Gasteiger partial charge in [-0.1, -0.05) is 20.8 Å². The molecule has 2 rings (SSSR count). The molecule has 1 unspecified atom stereocenters. The van der Waals surface area contributed by atoms with E-state index in [2.05, 4.69) is 31.0 Å². The van der Waals surface area contributed by atoms with Gasteiger partial charge in [-0.05, 0) is 25.0 Å². The van der Waals surface area contributed by atoms with Crippen LogP contribution in [0.2, 0.25) is 0 Å². The number of hydrogen-bond donors (Lipinski definition) is 0. The van der Waals surface area contributed by atoms with Crippen molar-refractivity contribution in [2.45, 2.75) is 45.2 Å². The molecule has 2 heterocycles. The third-order valence-corrected chi connectivity index (χ3v) is 3.11. The highest BCUT2D eigenvalue weighted by molar-refractivity contribution is 5.38. The van der Waals surface area contributed by atoms with Crippen molar-refractivity contribution in [3.05, 3.63) is 17.8 Å². The zero-order valence-corrected chi connectivity index (χ0v) is 10.8. The van der Waals surface area contributed by atoms with Gasteiger partial charge in [-0.15, -0.1) is 5.10 Å². The highest BCUT2D eigenvalue weighted by Crippen LogP contribution is 2.22. The van der Waals surface area contributed by atoms with Gasteiger partial charge in [-0.2, -0.15) is 5.10 Å². The molecule has 0 aromatic carbocycles. The molecule has 0 bridgehead atoms. The largest absolute Gasteiger partial charge is 0.352 e. The molecular weight excluding hydrogens is 217 g/mol. The van der Waals surface area contributed by atoms with E-state index in [1.165, 1.54) is 0 Å². The lowest BCUT2D eigenvalue weighted by Crippen LogP contribution is -2.37. The first kappa shape index (κ1) is 12.3. The second kappa shape index (κ2) is 4.59. The maximum atomic E-state index is 13.3. The molecule has 1 saturated heterocycles. The van der Waals surface area contributed by atoms with Gasteiger partial charge in [-0.25, -0.2) is 4.39 Å². The Morgan fingerprint density at radius 2 is 2.06 bits per heavy atom. The molecule has 1 aromatic heterocycles. The van der Waals surface area contributed by atoms with Crippen LogP contribution in [0.1, 0.15) is 39.3 Å². The molecule has 17 heavy (non-hydrogen) atoms. The molecule has 0 aliphatic carbocycles. The maximum absolute atomic E-state index is 13.3. The van der Waals surface area contributed by atoms with Crippen LogP contribution >= 0.6 is 0 Å². The summed E-state index contributed by atoms with van der Waals surface area (Å²) in [6.45, 7) is 7.65. The second-order valence-corrected chi connectivity index (χ2v) is 5.71. The summed E-state index contributed by atoms with van der Waals surface area (Å²) in [6, 6.07) is 3.94. The van der Waals surface area contributed by atoms with E-state index in [9.17, 15) is 4.39 Å². The van der Waals surface area contributed by atoms with Crippen LogP contribution < -0.4 is 4.90 Å². The maximum Gasteiger partial charge on any atom is 0.151 e. The number of halogens is 1. The molecule has 0 N–H and O–H groups in total. The first-order valence-electron chi connectivity index (χ1n) is 6.20. The predicted octanol–water partition coefficient (Wildman–Crippen LogP) is 2.71. The van der Waals surface area contributed by atoms with Crippen molar-refractivity contribution in [1.82, 2.24) is 10.2 Å². The highest BCUT2D eigenvalue weighted by Gasteiger charge is 2.21. The van der Waals surface area contributed by atoms with Gasteiger partial charge in [0.1, 0.15) is 6.17 Å². The van der Waals surface area contributed by atoms with Gasteiger partial charge in [0.15, 0.2) is 5.82 Å². The third kappa shape index (κ3) is 2.93. The fourth-order valence-corrected chi connectivity index (χ4v) is 2.03. The Morgan fingerprint density at radius 3 is 2.59 bits per heavy atom. The second-order valence-electron chi connectivity index (χ2n) is 5.71. The van der Waals surface area contributed by atoms with Crippen molar-refractivity contribution in [3.63, 3.8) is 0 Å². The van der Waals surface area contributed by atoms with E-state index in [1.807, 2.05) is 17.0 Å². The number of hydrogen-bond acceptors (Lipinski definition) is 3. The molecule has 94 valence electrons. The van der Waals surface area contributed by atoms with Crippen LogP contribution in [-0.4, -0.2) is 29.5 Å². The lowest BCUT2D eigenvalue weighted by molar-refractivity contribution is 0.286. The smallest absolute Gasteiger partial charge is 0.151 e. The molecule has 0 spiro atoms.